The highest BCUT2D eigenvalue weighted by Crippen LogP contribution is 2.43. The third kappa shape index (κ3) is 2.70. The lowest BCUT2D eigenvalue weighted by molar-refractivity contribution is 0.00295. The molecule has 1 aliphatic carbocycles. The second kappa shape index (κ2) is 3.61. The van der Waals surface area contributed by atoms with Gasteiger partial charge in [0, 0.05) is 0 Å². The average molecular weight is 184 g/mol. The van der Waals surface area contributed by atoms with E-state index in [9.17, 15) is 5.11 Å². The molecular formula is C12H24O. The standard InChI is InChI=1S/C12H24O/c1-5-11(2,3)9-10-7-6-8-12(10,4)13/h10,13H,5-9H2,1-4H3. The van der Waals surface area contributed by atoms with Gasteiger partial charge in [-0.1, -0.05) is 33.6 Å². The largest absolute Gasteiger partial charge is 0.390 e. The first-order chi connectivity index (χ1) is 5.87. The molecule has 1 saturated carbocycles. The summed E-state index contributed by atoms with van der Waals surface area (Å²) in [4.78, 5) is 0. The van der Waals surface area contributed by atoms with Crippen molar-refractivity contribution in [2.75, 3.05) is 0 Å². The predicted molar refractivity (Wildman–Crippen MR) is 56.7 cm³/mol. The molecule has 0 aliphatic heterocycles. The quantitative estimate of drug-likeness (QED) is 0.713. The summed E-state index contributed by atoms with van der Waals surface area (Å²) >= 11 is 0. The first-order valence-electron chi connectivity index (χ1n) is 5.60. The maximum absolute atomic E-state index is 10.1. The van der Waals surface area contributed by atoms with Crippen molar-refractivity contribution in [3.8, 4) is 0 Å². The van der Waals surface area contributed by atoms with E-state index < -0.39 is 0 Å². The van der Waals surface area contributed by atoms with E-state index in [-0.39, 0.29) is 5.60 Å². The van der Waals surface area contributed by atoms with Crippen molar-refractivity contribution in [2.24, 2.45) is 11.3 Å². The van der Waals surface area contributed by atoms with Crippen molar-refractivity contribution in [1.82, 2.24) is 0 Å². The highest BCUT2D eigenvalue weighted by Gasteiger charge is 2.39. The summed E-state index contributed by atoms with van der Waals surface area (Å²) in [5.41, 5.74) is 0.0193. The molecule has 0 radical (unpaired) electrons. The Morgan fingerprint density at radius 1 is 1.46 bits per heavy atom. The van der Waals surface area contributed by atoms with Gasteiger partial charge in [-0.25, -0.2) is 0 Å². The first-order valence-corrected chi connectivity index (χ1v) is 5.60. The van der Waals surface area contributed by atoms with Gasteiger partial charge in [0.2, 0.25) is 0 Å². The van der Waals surface area contributed by atoms with E-state index in [2.05, 4.69) is 20.8 Å². The molecule has 2 unspecified atom stereocenters. The van der Waals surface area contributed by atoms with Gasteiger partial charge in [0.15, 0.2) is 0 Å². The molecule has 0 aromatic heterocycles. The summed E-state index contributed by atoms with van der Waals surface area (Å²) < 4.78 is 0. The molecule has 1 aliphatic rings. The second-order valence-corrected chi connectivity index (χ2v) is 5.67. The number of hydrogen-bond acceptors (Lipinski definition) is 1. The molecule has 0 amide bonds. The molecule has 1 fully saturated rings. The highest BCUT2D eigenvalue weighted by atomic mass is 16.3. The molecule has 0 bridgehead atoms. The van der Waals surface area contributed by atoms with Gasteiger partial charge in [0.05, 0.1) is 5.60 Å². The van der Waals surface area contributed by atoms with E-state index >= 15 is 0 Å². The topological polar surface area (TPSA) is 20.2 Å². The molecule has 0 saturated heterocycles. The van der Waals surface area contributed by atoms with E-state index in [1.54, 1.807) is 0 Å². The van der Waals surface area contributed by atoms with Crippen LogP contribution in [0.25, 0.3) is 0 Å². The van der Waals surface area contributed by atoms with E-state index in [1.807, 2.05) is 6.92 Å². The molecule has 13 heavy (non-hydrogen) atoms. The Hall–Kier alpha value is -0.0400. The van der Waals surface area contributed by atoms with Crippen molar-refractivity contribution in [3.63, 3.8) is 0 Å². The molecule has 1 N–H and O–H groups in total. The molecule has 0 aromatic carbocycles. The van der Waals surface area contributed by atoms with Crippen molar-refractivity contribution < 1.29 is 5.11 Å². The summed E-state index contributed by atoms with van der Waals surface area (Å²) in [5, 5.41) is 10.1. The Kier molecular flexibility index (Phi) is 3.06. The van der Waals surface area contributed by atoms with Gasteiger partial charge >= 0.3 is 0 Å². The average Bonchev–Trinajstić information content (AvgIpc) is 2.31. The molecule has 78 valence electrons. The molecule has 0 aromatic rings. The van der Waals surface area contributed by atoms with Crippen molar-refractivity contribution in [2.45, 2.75) is 65.4 Å². The zero-order valence-electron chi connectivity index (χ0n) is 9.56. The van der Waals surface area contributed by atoms with Crippen LogP contribution >= 0.6 is 0 Å². The Morgan fingerprint density at radius 3 is 2.46 bits per heavy atom. The summed E-state index contributed by atoms with van der Waals surface area (Å²) in [6.45, 7) is 8.86. The van der Waals surface area contributed by atoms with Crippen LogP contribution in [0.5, 0.6) is 0 Å². The van der Waals surface area contributed by atoms with E-state index in [0.717, 1.165) is 6.42 Å². The normalized spacial score (nSPS) is 35.3. The Labute approximate surface area is 82.5 Å². The molecule has 0 spiro atoms. The zero-order valence-corrected chi connectivity index (χ0v) is 9.56. The summed E-state index contributed by atoms with van der Waals surface area (Å²) in [7, 11) is 0. The fourth-order valence-electron chi connectivity index (χ4n) is 2.35. The SMILES string of the molecule is CCC(C)(C)CC1CCCC1(C)O. The maximum atomic E-state index is 10.1. The molecule has 2 atom stereocenters. The van der Waals surface area contributed by atoms with Gasteiger partial charge in [-0.15, -0.1) is 0 Å². The predicted octanol–water partition coefficient (Wildman–Crippen LogP) is 3.36. The van der Waals surface area contributed by atoms with Crippen LogP contribution in [0.1, 0.15) is 59.8 Å². The lowest BCUT2D eigenvalue weighted by Crippen LogP contribution is -2.32. The maximum Gasteiger partial charge on any atom is 0.0648 e. The van der Waals surface area contributed by atoms with E-state index in [4.69, 9.17) is 0 Å². The number of rotatable bonds is 3. The summed E-state index contributed by atoms with van der Waals surface area (Å²) in [5.74, 6) is 0.530. The van der Waals surface area contributed by atoms with Gasteiger partial charge in [0.25, 0.3) is 0 Å². The van der Waals surface area contributed by atoms with Gasteiger partial charge in [-0.2, -0.15) is 0 Å². The fourth-order valence-corrected chi connectivity index (χ4v) is 2.35. The Balaban J connectivity index is 2.54. The van der Waals surface area contributed by atoms with Crippen LogP contribution in [0.15, 0.2) is 0 Å². The van der Waals surface area contributed by atoms with Crippen LogP contribution in [0.3, 0.4) is 0 Å². The number of hydrogen-bond donors (Lipinski definition) is 1. The monoisotopic (exact) mass is 184 g/mol. The fraction of sp³-hybridized carbons (Fsp3) is 1.00. The van der Waals surface area contributed by atoms with Crippen molar-refractivity contribution >= 4 is 0 Å². The minimum absolute atomic E-state index is 0.383. The minimum Gasteiger partial charge on any atom is -0.390 e. The van der Waals surface area contributed by atoms with Crippen molar-refractivity contribution in [1.29, 1.82) is 0 Å². The van der Waals surface area contributed by atoms with Crippen LogP contribution in [0.4, 0.5) is 0 Å². The second-order valence-electron chi connectivity index (χ2n) is 5.67. The number of aliphatic hydroxyl groups is 1. The van der Waals surface area contributed by atoms with E-state index in [1.165, 1.54) is 25.7 Å². The Morgan fingerprint density at radius 2 is 2.08 bits per heavy atom. The minimum atomic E-state index is -0.383. The lowest BCUT2D eigenvalue weighted by Gasteiger charge is -2.33. The molecule has 0 heterocycles. The Bertz CT molecular complexity index is 170. The van der Waals surface area contributed by atoms with E-state index in [0.29, 0.717) is 11.3 Å². The van der Waals surface area contributed by atoms with Crippen LogP contribution in [-0.4, -0.2) is 10.7 Å². The third-order valence-electron chi connectivity index (χ3n) is 3.87. The smallest absolute Gasteiger partial charge is 0.0648 e. The zero-order chi connectivity index (χ0) is 10.1. The van der Waals surface area contributed by atoms with Gasteiger partial charge in [-0.05, 0) is 37.5 Å². The van der Waals surface area contributed by atoms with Crippen LogP contribution in [0.2, 0.25) is 0 Å². The van der Waals surface area contributed by atoms with Crippen LogP contribution in [-0.2, 0) is 0 Å². The molecular weight excluding hydrogens is 160 g/mol. The van der Waals surface area contributed by atoms with Crippen LogP contribution < -0.4 is 0 Å². The first kappa shape index (κ1) is 11.0. The summed E-state index contributed by atoms with van der Waals surface area (Å²) in [6.07, 6.45) is 5.81. The molecule has 1 rings (SSSR count). The third-order valence-corrected chi connectivity index (χ3v) is 3.87. The molecule has 1 heteroatoms. The lowest BCUT2D eigenvalue weighted by atomic mass is 9.76. The summed E-state index contributed by atoms with van der Waals surface area (Å²) in [6, 6.07) is 0. The molecule has 1 nitrogen and oxygen atoms in total. The van der Waals surface area contributed by atoms with Gasteiger partial charge in [-0.3, -0.25) is 0 Å². The highest BCUT2D eigenvalue weighted by molar-refractivity contribution is 4.90. The van der Waals surface area contributed by atoms with Gasteiger partial charge < -0.3 is 5.11 Å². The van der Waals surface area contributed by atoms with Gasteiger partial charge in [0.1, 0.15) is 0 Å². The van der Waals surface area contributed by atoms with Crippen LogP contribution in [0, 0.1) is 11.3 Å². The van der Waals surface area contributed by atoms with Crippen molar-refractivity contribution in [3.05, 3.63) is 0 Å².